The molecule has 0 fully saturated rings. The van der Waals surface area contributed by atoms with Crippen molar-refractivity contribution in [3.05, 3.63) is 41.7 Å². The molecule has 1 heterocycles. The number of hydrogen-bond donors (Lipinski definition) is 3. The van der Waals surface area contributed by atoms with Crippen LogP contribution in [0, 0.1) is 6.92 Å². The molecule has 0 aliphatic heterocycles. The van der Waals surface area contributed by atoms with E-state index in [0.29, 0.717) is 17.1 Å². The van der Waals surface area contributed by atoms with Gasteiger partial charge in [0.25, 0.3) is 5.91 Å². The van der Waals surface area contributed by atoms with Gasteiger partial charge < -0.3 is 11.1 Å². The average molecular weight is 216 g/mol. The van der Waals surface area contributed by atoms with Crippen LogP contribution in [0.3, 0.4) is 0 Å². The highest BCUT2D eigenvalue weighted by atomic mass is 16.1. The molecule has 0 spiro atoms. The number of hydrogen-bond acceptors (Lipinski definition) is 3. The molecule has 1 aromatic heterocycles. The first-order valence-corrected chi connectivity index (χ1v) is 4.83. The molecule has 1 amide bonds. The minimum absolute atomic E-state index is 0.221. The van der Waals surface area contributed by atoms with E-state index in [1.54, 1.807) is 18.2 Å². The summed E-state index contributed by atoms with van der Waals surface area (Å²) in [7, 11) is 0. The number of rotatable bonds is 2. The Labute approximate surface area is 92.7 Å². The molecule has 2 aromatic rings. The Morgan fingerprint density at radius 3 is 2.88 bits per heavy atom. The lowest BCUT2D eigenvalue weighted by molar-refractivity contribution is 0.102. The molecule has 4 N–H and O–H groups in total. The number of aromatic nitrogens is 2. The number of aromatic amines is 1. The number of carbonyl (C=O) groups is 1. The number of nitrogen functional groups attached to an aromatic ring is 1. The molecular weight excluding hydrogens is 204 g/mol. The highest BCUT2D eigenvalue weighted by Gasteiger charge is 2.07. The second-order valence-electron chi connectivity index (χ2n) is 3.50. The van der Waals surface area contributed by atoms with E-state index in [0.717, 1.165) is 5.56 Å². The fourth-order valence-corrected chi connectivity index (χ4v) is 1.33. The van der Waals surface area contributed by atoms with Crippen LogP contribution in [-0.4, -0.2) is 16.1 Å². The van der Waals surface area contributed by atoms with Crippen molar-refractivity contribution in [2.75, 3.05) is 11.1 Å². The third kappa shape index (κ3) is 2.03. The summed E-state index contributed by atoms with van der Waals surface area (Å²) >= 11 is 0. The fourth-order valence-electron chi connectivity index (χ4n) is 1.33. The van der Waals surface area contributed by atoms with E-state index in [4.69, 9.17) is 5.73 Å². The van der Waals surface area contributed by atoms with Gasteiger partial charge in [-0.05, 0) is 36.8 Å². The van der Waals surface area contributed by atoms with Crippen LogP contribution >= 0.6 is 0 Å². The summed E-state index contributed by atoms with van der Waals surface area (Å²) in [6.07, 6.45) is 1.53. The van der Waals surface area contributed by atoms with E-state index in [-0.39, 0.29) is 5.91 Å². The van der Waals surface area contributed by atoms with Crippen molar-refractivity contribution in [2.45, 2.75) is 6.92 Å². The molecule has 0 radical (unpaired) electrons. The second-order valence-corrected chi connectivity index (χ2v) is 3.50. The first kappa shape index (κ1) is 10.2. The van der Waals surface area contributed by atoms with Crippen molar-refractivity contribution < 1.29 is 4.79 Å². The smallest absolute Gasteiger partial charge is 0.273 e. The van der Waals surface area contributed by atoms with E-state index < -0.39 is 0 Å². The standard InChI is InChI=1S/C11H12N4O/c1-7-6-8(2-3-9(7)12)14-11(16)10-4-5-13-15-10/h2-6H,12H2,1H3,(H,13,15)(H,14,16). The average Bonchev–Trinajstić information content (AvgIpc) is 2.77. The first-order chi connectivity index (χ1) is 7.66. The normalized spacial score (nSPS) is 10.1. The predicted octanol–water partition coefficient (Wildman–Crippen LogP) is 1.55. The van der Waals surface area contributed by atoms with Crippen molar-refractivity contribution in [2.24, 2.45) is 0 Å². The van der Waals surface area contributed by atoms with Gasteiger partial charge in [-0.2, -0.15) is 5.10 Å². The monoisotopic (exact) mass is 216 g/mol. The molecule has 5 nitrogen and oxygen atoms in total. The van der Waals surface area contributed by atoms with Gasteiger partial charge in [0, 0.05) is 17.6 Å². The maximum absolute atomic E-state index is 11.7. The van der Waals surface area contributed by atoms with Crippen LogP contribution in [0.5, 0.6) is 0 Å². The molecule has 0 saturated carbocycles. The molecule has 16 heavy (non-hydrogen) atoms. The Bertz CT molecular complexity index is 505. The van der Waals surface area contributed by atoms with Crippen LogP contribution in [0.1, 0.15) is 16.1 Å². The third-order valence-corrected chi connectivity index (χ3v) is 2.27. The van der Waals surface area contributed by atoms with Gasteiger partial charge in [-0.1, -0.05) is 0 Å². The number of aryl methyl sites for hydroxylation is 1. The lowest BCUT2D eigenvalue weighted by atomic mass is 10.2. The zero-order valence-corrected chi connectivity index (χ0v) is 8.82. The zero-order chi connectivity index (χ0) is 11.5. The van der Waals surface area contributed by atoms with Gasteiger partial charge in [-0.15, -0.1) is 0 Å². The minimum atomic E-state index is -0.221. The van der Waals surface area contributed by atoms with E-state index in [9.17, 15) is 4.79 Å². The lowest BCUT2D eigenvalue weighted by Gasteiger charge is -2.06. The molecule has 0 saturated heterocycles. The molecule has 0 atom stereocenters. The van der Waals surface area contributed by atoms with Gasteiger partial charge in [0.1, 0.15) is 5.69 Å². The van der Waals surface area contributed by atoms with Crippen LogP contribution in [-0.2, 0) is 0 Å². The molecule has 5 heteroatoms. The van der Waals surface area contributed by atoms with E-state index in [1.807, 2.05) is 13.0 Å². The zero-order valence-electron chi connectivity index (χ0n) is 8.82. The summed E-state index contributed by atoms with van der Waals surface area (Å²) in [6, 6.07) is 6.96. The quantitative estimate of drug-likeness (QED) is 0.666. The van der Waals surface area contributed by atoms with Crippen LogP contribution in [0.25, 0.3) is 0 Å². The van der Waals surface area contributed by atoms with E-state index >= 15 is 0 Å². The first-order valence-electron chi connectivity index (χ1n) is 4.83. The number of anilines is 2. The third-order valence-electron chi connectivity index (χ3n) is 2.27. The molecule has 82 valence electrons. The Morgan fingerprint density at radius 2 is 2.25 bits per heavy atom. The Hall–Kier alpha value is -2.30. The lowest BCUT2D eigenvalue weighted by Crippen LogP contribution is -2.12. The maximum Gasteiger partial charge on any atom is 0.273 e. The number of nitrogens with one attached hydrogen (secondary N) is 2. The van der Waals surface area contributed by atoms with Crippen molar-refractivity contribution in [1.29, 1.82) is 0 Å². The number of nitrogens with zero attached hydrogens (tertiary/aromatic N) is 1. The summed E-state index contributed by atoms with van der Waals surface area (Å²) < 4.78 is 0. The number of amides is 1. The minimum Gasteiger partial charge on any atom is -0.399 e. The van der Waals surface area contributed by atoms with Gasteiger partial charge in [0.2, 0.25) is 0 Å². The van der Waals surface area contributed by atoms with Crippen LogP contribution in [0.15, 0.2) is 30.5 Å². The Balaban J connectivity index is 2.15. The summed E-state index contributed by atoms with van der Waals surface area (Å²) in [4.78, 5) is 11.7. The number of benzene rings is 1. The predicted molar refractivity (Wildman–Crippen MR) is 62.1 cm³/mol. The fraction of sp³-hybridized carbons (Fsp3) is 0.0909. The van der Waals surface area contributed by atoms with Crippen molar-refractivity contribution in [3.63, 3.8) is 0 Å². The molecule has 0 unspecified atom stereocenters. The van der Waals surface area contributed by atoms with Gasteiger partial charge >= 0.3 is 0 Å². The molecular formula is C11H12N4O. The number of H-pyrrole nitrogens is 1. The van der Waals surface area contributed by atoms with Crippen LogP contribution < -0.4 is 11.1 Å². The van der Waals surface area contributed by atoms with Gasteiger partial charge in [0.15, 0.2) is 0 Å². The molecule has 0 aliphatic rings. The Kier molecular flexibility index (Phi) is 2.59. The number of carbonyl (C=O) groups excluding carboxylic acids is 1. The highest BCUT2D eigenvalue weighted by Crippen LogP contribution is 2.16. The van der Waals surface area contributed by atoms with E-state index in [2.05, 4.69) is 15.5 Å². The number of nitrogens with two attached hydrogens (primary N) is 1. The SMILES string of the molecule is Cc1cc(NC(=O)c2ccn[nH]2)ccc1N. The second kappa shape index (κ2) is 4.06. The Morgan fingerprint density at radius 1 is 1.44 bits per heavy atom. The maximum atomic E-state index is 11.7. The van der Waals surface area contributed by atoms with Gasteiger partial charge in [-0.3, -0.25) is 9.89 Å². The van der Waals surface area contributed by atoms with Crippen molar-refractivity contribution >= 4 is 17.3 Å². The largest absolute Gasteiger partial charge is 0.399 e. The molecule has 2 rings (SSSR count). The van der Waals surface area contributed by atoms with E-state index in [1.165, 1.54) is 6.20 Å². The molecule has 0 bridgehead atoms. The van der Waals surface area contributed by atoms with Crippen molar-refractivity contribution in [3.8, 4) is 0 Å². The summed E-state index contributed by atoms with van der Waals surface area (Å²) in [5.41, 5.74) is 8.47. The summed E-state index contributed by atoms with van der Waals surface area (Å²) in [5.74, 6) is -0.221. The topological polar surface area (TPSA) is 83.8 Å². The summed E-state index contributed by atoms with van der Waals surface area (Å²) in [5, 5.41) is 9.05. The van der Waals surface area contributed by atoms with Gasteiger partial charge in [-0.25, -0.2) is 0 Å². The molecule has 1 aromatic carbocycles. The van der Waals surface area contributed by atoms with Crippen LogP contribution in [0.2, 0.25) is 0 Å². The highest BCUT2D eigenvalue weighted by molar-refractivity contribution is 6.02. The van der Waals surface area contributed by atoms with Crippen molar-refractivity contribution in [1.82, 2.24) is 10.2 Å². The van der Waals surface area contributed by atoms with Gasteiger partial charge in [0.05, 0.1) is 0 Å². The summed E-state index contributed by atoms with van der Waals surface area (Å²) in [6.45, 7) is 1.89. The molecule has 0 aliphatic carbocycles. The van der Waals surface area contributed by atoms with Crippen LogP contribution in [0.4, 0.5) is 11.4 Å².